The van der Waals surface area contributed by atoms with Crippen molar-refractivity contribution in [3.05, 3.63) is 64.9 Å². The molecule has 26 heavy (non-hydrogen) atoms. The van der Waals surface area contributed by atoms with Crippen molar-refractivity contribution in [3.8, 4) is 5.75 Å². The third kappa shape index (κ3) is 3.21. The molecule has 2 aromatic carbocycles. The molecule has 0 unspecified atom stereocenters. The lowest BCUT2D eigenvalue weighted by Gasteiger charge is -2.22. The maximum absolute atomic E-state index is 12.5. The molecule has 0 saturated heterocycles. The molecule has 1 N–H and O–H groups in total. The number of carbonyl (C=O) groups excluding carboxylic acids is 2. The molecule has 6 heteroatoms. The van der Waals surface area contributed by atoms with Gasteiger partial charge >= 0.3 is 5.97 Å². The molecule has 0 saturated carbocycles. The number of aromatic carboxylic acids is 1. The molecular formula is C20H17NO5. The van der Waals surface area contributed by atoms with E-state index in [4.69, 9.17) is 9.84 Å². The molecule has 0 aliphatic carbocycles. The summed E-state index contributed by atoms with van der Waals surface area (Å²) in [5.41, 5.74) is 1.66. The topological polar surface area (TPSA) is 83.9 Å². The predicted molar refractivity (Wildman–Crippen MR) is 96.5 cm³/mol. The number of allylic oxidation sites excluding steroid dienone is 1. The van der Waals surface area contributed by atoms with Crippen LogP contribution in [0.4, 0.5) is 5.69 Å². The summed E-state index contributed by atoms with van der Waals surface area (Å²) in [6.45, 7) is 3.81. The van der Waals surface area contributed by atoms with E-state index in [0.717, 1.165) is 6.41 Å². The fourth-order valence-corrected chi connectivity index (χ4v) is 2.73. The fraction of sp³-hybridized carbons (Fsp3) is 0.150. The van der Waals surface area contributed by atoms with Crippen molar-refractivity contribution in [1.29, 1.82) is 0 Å². The zero-order valence-corrected chi connectivity index (χ0v) is 14.3. The minimum atomic E-state index is -1.10. The largest absolute Gasteiger partial charge is 0.478 e. The Balaban J connectivity index is 1.93. The maximum Gasteiger partial charge on any atom is 0.335 e. The van der Waals surface area contributed by atoms with E-state index in [1.165, 1.54) is 18.2 Å². The first-order chi connectivity index (χ1) is 12.4. The van der Waals surface area contributed by atoms with Crippen molar-refractivity contribution < 1.29 is 24.2 Å². The van der Waals surface area contributed by atoms with Gasteiger partial charge in [0, 0.05) is 11.7 Å². The van der Waals surface area contributed by atoms with Gasteiger partial charge < -0.3 is 14.7 Å². The molecule has 0 spiro atoms. The monoisotopic (exact) mass is 351 g/mol. The number of Topliss-reactive ketones (excluding diaryl/α,β-unsaturated/α-hetero) is 1. The molecular weight excluding hydrogens is 334 g/mol. The quantitative estimate of drug-likeness (QED) is 0.659. The number of ketones is 1. The molecule has 6 nitrogen and oxygen atoms in total. The second-order valence-electron chi connectivity index (χ2n) is 6.16. The summed E-state index contributed by atoms with van der Waals surface area (Å²) in [5.74, 6) is -1.03. The molecule has 0 fully saturated rings. The molecule has 3 rings (SSSR count). The minimum Gasteiger partial charge on any atom is -0.478 e. The molecule has 1 aliphatic rings. The van der Waals surface area contributed by atoms with Gasteiger partial charge in [-0.1, -0.05) is 12.1 Å². The van der Waals surface area contributed by atoms with Gasteiger partial charge in [-0.05, 0) is 55.8 Å². The summed E-state index contributed by atoms with van der Waals surface area (Å²) in [7, 11) is 0. The molecule has 0 aromatic heterocycles. The number of carboxylic acids is 1. The number of carbonyl (C=O) groups is 3. The van der Waals surface area contributed by atoms with Gasteiger partial charge in [0.05, 0.1) is 11.1 Å². The number of rotatable bonds is 5. The first-order valence-electron chi connectivity index (χ1n) is 8.06. The number of carboxylic acid groups (broad SMARTS) is 1. The normalized spacial score (nSPS) is 14.3. The first-order valence-corrected chi connectivity index (χ1v) is 8.06. The van der Waals surface area contributed by atoms with E-state index in [1.54, 1.807) is 29.2 Å². The highest BCUT2D eigenvalue weighted by Gasteiger charge is 2.28. The Morgan fingerprint density at radius 1 is 1.19 bits per heavy atom. The average molecular weight is 351 g/mol. The van der Waals surface area contributed by atoms with Crippen LogP contribution >= 0.6 is 0 Å². The summed E-state index contributed by atoms with van der Waals surface area (Å²) < 4.78 is 5.57. The Bertz CT molecular complexity index is 930. The van der Waals surface area contributed by atoms with Crippen LogP contribution in [0.15, 0.2) is 48.2 Å². The Labute approximate surface area is 150 Å². The number of hydrogen-bond acceptors (Lipinski definition) is 4. The van der Waals surface area contributed by atoms with E-state index in [-0.39, 0.29) is 28.7 Å². The number of ether oxygens (including phenoxy) is 1. The summed E-state index contributed by atoms with van der Waals surface area (Å²) >= 11 is 0. The van der Waals surface area contributed by atoms with Crippen molar-refractivity contribution in [2.45, 2.75) is 19.9 Å². The van der Waals surface area contributed by atoms with Gasteiger partial charge in [0.1, 0.15) is 5.75 Å². The number of amides is 1. The van der Waals surface area contributed by atoms with Gasteiger partial charge in [-0.25, -0.2) is 4.79 Å². The van der Waals surface area contributed by atoms with Gasteiger partial charge in [-0.2, -0.15) is 0 Å². The summed E-state index contributed by atoms with van der Waals surface area (Å²) in [6, 6.07) is 11.3. The van der Waals surface area contributed by atoms with Crippen LogP contribution in [-0.2, 0) is 4.79 Å². The number of fused-ring (bicyclic) bond motifs is 1. The molecule has 0 radical (unpaired) electrons. The first kappa shape index (κ1) is 17.4. The second-order valence-corrected chi connectivity index (χ2v) is 6.16. The second kappa shape index (κ2) is 6.84. The van der Waals surface area contributed by atoms with Crippen LogP contribution in [-0.4, -0.2) is 29.3 Å². The van der Waals surface area contributed by atoms with Gasteiger partial charge in [0.15, 0.2) is 5.76 Å². The van der Waals surface area contributed by atoms with Crippen LogP contribution in [0.2, 0.25) is 0 Å². The Morgan fingerprint density at radius 3 is 2.62 bits per heavy atom. The number of anilines is 1. The highest BCUT2D eigenvalue weighted by atomic mass is 16.5. The van der Waals surface area contributed by atoms with E-state index in [2.05, 4.69) is 0 Å². The van der Waals surface area contributed by atoms with Gasteiger partial charge in [0.2, 0.25) is 12.2 Å². The van der Waals surface area contributed by atoms with Crippen molar-refractivity contribution in [2.24, 2.45) is 0 Å². The lowest BCUT2D eigenvalue weighted by Crippen LogP contribution is -2.28. The lowest BCUT2D eigenvalue weighted by molar-refractivity contribution is -0.107. The SMILES string of the molecule is CC(C)N(C=O)c1cccc(/C=C2\Oc3ccc(C(=O)O)cc3C2=O)c1. The minimum absolute atomic E-state index is 0.00143. The Morgan fingerprint density at radius 2 is 1.96 bits per heavy atom. The zero-order valence-electron chi connectivity index (χ0n) is 14.3. The van der Waals surface area contributed by atoms with Gasteiger partial charge in [0.25, 0.3) is 0 Å². The van der Waals surface area contributed by atoms with E-state index in [9.17, 15) is 14.4 Å². The van der Waals surface area contributed by atoms with Crippen LogP contribution in [0.5, 0.6) is 5.75 Å². The average Bonchev–Trinajstić information content (AvgIpc) is 2.91. The molecule has 1 amide bonds. The Kier molecular flexibility index (Phi) is 4.58. The summed E-state index contributed by atoms with van der Waals surface area (Å²) in [5, 5.41) is 9.05. The highest BCUT2D eigenvalue weighted by molar-refractivity contribution is 6.15. The van der Waals surface area contributed by atoms with Crippen molar-refractivity contribution in [3.63, 3.8) is 0 Å². The summed E-state index contributed by atoms with van der Waals surface area (Å²) in [6.07, 6.45) is 2.34. The van der Waals surface area contributed by atoms with Crippen LogP contribution in [0, 0.1) is 0 Å². The molecule has 1 aliphatic heterocycles. The lowest BCUT2D eigenvalue weighted by atomic mass is 10.1. The highest BCUT2D eigenvalue weighted by Crippen LogP contribution is 2.33. The molecule has 0 atom stereocenters. The van der Waals surface area contributed by atoms with Crippen LogP contribution in [0.3, 0.4) is 0 Å². The van der Waals surface area contributed by atoms with Crippen molar-refractivity contribution in [2.75, 3.05) is 4.90 Å². The molecule has 1 heterocycles. The van der Waals surface area contributed by atoms with Crippen LogP contribution < -0.4 is 9.64 Å². The number of hydrogen-bond donors (Lipinski definition) is 1. The van der Waals surface area contributed by atoms with E-state index in [0.29, 0.717) is 17.0 Å². The molecule has 132 valence electrons. The Hall–Kier alpha value is -3.41. The third-order valence-corrected chi connectivity index (χ3v) is 4.05. The van der Waals surface area contributed by atoms with Gasteiger partial charge in [-0.3, -0.25) is 9.59 Å². The van der Waals surface area contributed by atoms with Crippen molar-refractivity contribution >= 4 is 29.9 Å². The fourth-order valence-electron chi connectivity index (χ4n) is 2.73. The van der Waals surface area contributed by atoms with Crippen LogP contribution in [0.25, 0.3) is 6.08 Å². The number of nitrogens with zero attached hydrogens (tertiary/aromatic N) is 1. The van der Waals surface area contributed by atoms with E-state index < -0.39 is 5.97 Å². The smallest absolute Gasteiger partial charge is 0.335 e. The van der Waals surface area contributed by atoms with Crippen molar-refractivity contribution in [1.82, 2.24) is 0 Å². The summed E-state index contributed by atoms with van der Waals surface area (Å²) in [4.78, 5) is 36.4. The molecule has 2 aromatic rings. The molecule has 0 bridgehead atoms. The van der Waals surface area contributed by atoms with E-state index in [1.807, 2.05) is 19.9 Å². The van der Waals surface area contributed by atoms with E-state index >= 15 is 0 Å². The van der Waals surface area contributed by atoms with Gasteiger partial charge in [-0.15, -0.1) is 0 Å². The maximum atomic E-state index is 12.5. The standard InChI is InChI=1S/C20H17NO5/c1-12(2)21(11-22)15-5-3-4-13(8-15)9-18-19(23)16-10-14(20(24)25)6-7-17(16)26-18/h3-12H,1-2H3,(H,24,25)/b18-9-. The number of benzene rings is 2. The predicted octanol–water partition coefficient (Wildman–Crippen LogP) is 3.37. The van der Waals surface area contributed by atoms with Crippen LogP contribution in [0.1, 0.15) is 40.1 Å². The third-order valence-electron chi connectivity index (χ3n) is 4.05. The zero-order chi connectivity index (χ0) is 18.8.